The van der Waals surface area contributed by atoms with Crippen LogP contribution in [0.1, 0.15) is 53.6 Å². The highest BCUT2D eigenvalue weighted by atomic mass is 79.9. The molecule has 0 heterocycles. The van der Waals surface area contributed by atoms with E-state index in [1.54, 1.807) is 0 Å². The number of halogens is 1. The van der Waals surface area contributed by atoms with Crippen LogP contribution in [0.4, 0.5) is 0 Å². The molecule has 0 atom stereocenters. The van der Waals surface area contributed by atoms with Gasteiger partial charge >= 0.3 is 0 Å². The molecule has 0 bridgehead atoms. The molecular formula is C17H24BrNO. The molecular weight excluding hydrogens is 314 g/mol. The number of hydrogen-bond acceptors (Lipinski definition) is 1. The molecule has 1 aromatic rings. The van der Waals surface area contributed by atoms with E-state index in [2.05, 4.69) is 21.2 Å². The number of benzene rings is 1. The molecule has 0 unspecified atom stereocenters. The van der Waals surface area contributed by atoms with Crippen LogP contribution < -0.4 is 5.32 Å². The van der Waals surface area contributed by atoms with Crippen molar-refractivity contribution in [2.45, 2.75) is 46.0 Å². The standard InChI is InChI=1S/C17H24BrNO/c1-13-7-6-8-14(2)15(13)16(20)19-12-17(11-18)9-4-3-5-10-17/h6-8H,3-5,9-12H2,1-2H3,(H,19,20). The van der Waals surface area contributed by atoms with Crippen LogP contribution in [0.3, 0.4) is 0 Å². The van der Waals surface area contributed by atoms with Gasteiger partial charge in [-0.05, 0) is 43.2 Å². The molecule has 0 aliphatic heterocycles. The topological polar surface area (TPSA) is 29.1 Å². The zero-order chi connectivity index (χ0) is 14.6. The van der Waals surface area contributed by atoms with Crippen LogP contribution in [0.25, 0.3) is 0 Å². The van der Waals surface area contributed by atoms with Crippen molar-refractivity contribution < 1.29 is 4.79 Å². The lowest BCUT2D eigenvalue weighted by atomic mass is 9.75. The van der Waals surface area contributed by atoms with Crippen LogP contribution in [0.5, 0.6) is 0 Å². The molecule has 1 N–H and O–H groups in total. The Balaban J connectivity index is 2.04. The summed E-state index contributed by atoms with van der Waals surface area (Å²) < 4.78 is 0. The lowest BCUT2D eigenvalue weighted by molar-refractivity contribution is 0.0920. The molecule has 1 fully saturated rings. The van der Waals surface area contributed by atoms with Gasteiger partial charge in [-0.25, -0.2) is 0 Å². The van der Waals surface area contributed by atoms with Crippen LogP contribution in [0, 0.1) is 19.3 Å². The molecule has 0 spiro atoms. The minimum Gasteiger partial charge on any atom is -0.351 e. The number of alkyl halides is 1. The molecule has 3 heteroatoms. The van der Waals surface area contributed by atoms with E-state index in [1.807, 2.05) is 32.0 Å². The molecule has 1 aliphatic carbocycles. The summed E-state index contributed by atoms with van der Waals surface area (Å²) in [5.41, 5.74) is 3.20. The first-order valence-corrected chi connectivity index (χ1v) is 8.60. The number of amides is 1. The Kier molecular flexibility index (Phi) is 5.25. The second-order valence-corrected chi connectivity index (χ2v) is 6.70. The highest BCUT2D eigenvalue weighted by Crippen LogP contribution is 2.37. The van der Waals surface area contributed by atoms with E-state index in [0.29, 0.717) is 0 Å². The summed E-state index contributed by atoms with van der Waals surface area (Å²) >= 11 is 3.65. The summed E-state index contributed by atoms with van der Waals surface area (Å²) in [4.78, 5) is 12.5. The first kappa shape index (κ1) is 15.6. The first-order chi connectivity index (χ1) is 9.58. The third-order valence-electron chi connectivity index (χ3n) is 4.53. The van der Waals surface area contributed by atoms with Gasteiger partial charge in [0, 0.05) is 17.4 Å². The van der Waals surface area contributed by atoms with Gasteiger partial charge in [-0.15, -0.1) is 0 Å². The van der Waals surface area contributed by atoms with Gasteiger partial charge in [-0.2, -0.15) is 0 Å². The fourth-order valence-corrected chi connectivity index (χ4v) is 3.95. The highest BCUT2D eigenvalue weighted by Gasteiger charge is 2.31. The minimum atomic E-state index is 0.0755. The van der Waals surface area contributed by atoms with Crippen LogP contribution in [-0.4, -0.2) is 17.8 Å². The van der Waals surface area contributed by atoms with E-state index in [1.165, 1.54) is 32.1 Å². The molecule has 0 aromatic heterocycles. The monoisotopic (exact) mass is 337 g/mol. The number of carbonyl (C=O) groups is 1. The first-order valence-electron chi connectivity index (χ1n) is 7.48. The van der Waals surface area contributed by atoms with Crippen molar-refractivity contribution in [1.82, 2.24) is 5.32 Å². The van der Waals surface area contributed by atoms with Crippen LogP contribution in [0.2, 0.25) is 0 Å². The second-order valence-electron chi connectivity index (χ2n) is 6.14. The average Bonchev–Trinajstić information content (AvgIpc) is 2.46. The van der Waals surface area contributed by atoms with Gasteiger partial charge in [0.1, 0.15) is 0 Å². The minimum absolute atomic E-state index is 0.0755. The predicted molar refractivity (Wildman–Crippen MR) is 87.6 cm³/mol. The number of hydrogen-bond donors (Lipinski definition) is 1. The number of aryl methyl sites for hydroxylation is 2. The molecule has 2 rings (SSSR count). The zero-order valence-electron chi connectivity index (χ0n) is 12.5. The molecule has 20 heavy (non-hydrogen) atoms. The third kappa shape index (κ3) is 3.43. The van der Waals surface area contributed by atoms with Crippen molar-refractivity contribution in [3.8, 4) is 0 Å². The van der Waals surface area contributed by atoms with Crippen molar-refractivity contribution in [2.24, 2.45) is 5.41 Å². The Hall–Kier alpha value is -0.830. The SMILES string of the molecule is Cc1cccc(C)c1C(=O)NCC1(CBr)CCCCC1. The van der Waals surface area contributed by atoms with E-state index in [0.717, 1.165) is 28.6 Å². The van der Waals surface area contributed by atoms with Crippen molar-refractivity contribution in [3.63, 3.8) is 0 Å². The maximum Gasteiger partial charge on any atom is 0.251 e. The smallest absolute Gasteiger partial charge is 0.251 e. The van der Waals surface area contributed by atoms with Gasteiger partial charge < -0.3 is 5.32 Å². The Labute approximate surface area is 130 Å². The summed E-state index contributed by atoms with van der Waals surface area (Å²) in [7, 11) is 0. The van der Waals surface area contributed by atoms with Gasteiger partial charge in [0.2, 0.25) is 0 Å². The molecule has 1 saturated carbocycles. The normalized spacial score (nSPS) is 17.8. The van der Waals surface area contributed by atoms with Crippen molar-refractivity contribution in [1.29, 1.82) is 0 Å². The predicted octanol–water partition coefficient (Wildman–Crippen LogP) is 4.38. The van der Waals surface area contributed by atoms with Gasteiger partial charge in [-0.1, -0.05) is 53.4 Å². The van der Waals surface area contributed by atoms with Crippen LogP contribution in [-0.2, 0) is 0 Å². The van der Waals surface area contributed by atoms with Gasteiger partial charge in [0.25, 0.3) is 5.91 Å². The summed E-state index contributed by atoms with van der Waals surface area (Å²) in [6, 6.07) is 6.01. The molecule has 0 radical (unpaired) electrons. The highest BCUT2D eigenvalue weighted by molar-refractivity contribution is 9.09. The fraction of sp³-hybridized carbons (Fsp3) is 0.588. The summed E-state index contributed by atoms with van der Waals surface area (Å²) in [6.45, 7) is 4.79. The Morgan fingerprint density at radius 1 is 1.20 bits per heavy atom. The lowest BCUT2D eigenvalue weighted by Gasteiger charge is -2.36. The molecule has 1 amide bonds. The van der Waals surface area contributed by atoms with Gasteiger partial charge in [0.05, 0.1) is 0 Å². The summed E-state index contributed by atoms with van der Waals surface area (Å²) in [5.74, 6) is 0.0755. The number of carbonyl (C=O) groups excluding carboxylic acids is 1. The van der Waals surface area contributed by atoms with E-state index in [-0.39, 0.29) is 11.3 Å². The molecule has 2 nitrogen and oxygen atoms in total. The molecule has 110 valence electrons. The lowest BCUT2D eigenvalue weighted by Crippen LogP contribution is -2.40. The molecule has 1 aromatic carbocycles. The zero-order valence-corrected chi connectivity index (χ0v) is 14.1. The van der Waals surface area contributed by atoms with Crippen molar-refractivity contribution in [3.05, 3.63) is 34.9 Å². The Bertz CT molecular complexity index is 458. The van der Waals surface area contributed by atoms with E-state index in [9.17, 15) is 4.79 Å². The Morgan fingerprint density at radius 2 is 1.80 bits per heavy atom. The van der Waals surface area contributed by atoms with Gasteiger partial charge in [-0.3, -0.25) is 4.79 Å². The molecule has 0 saturated heterocycles. The average molecular weight is 338 g/mol. The number of rotatable bonds is 4. The quantitative estimate of drug-likeness (QED) is 0.811. The van der Waals surface area contributed by atoms with Crippen molar-refractivity contribution >= 4 is 21.8 Å². The second kappa shape index (κ2) is 6.75. The summed E-state index contributed by atoms with van der Waals surface area (Å²) in [5, 5.41) is 4.15. The van der Waals surface area contributed by atoms with Gasteiger partial charge in [0.15, 0.2) is 0 Å². The maximum atomic E-state index is 12.5. The van der Waals surface area contributed by atoms with E-state index < -0.39 is 0 Å². The van der Waals surface area contributed by atoms with E-state index in [4.69, 9.17) is 0 Å². The summed E-state index contributed by atoms with van der Waals surface area (Å²) in [6.07, 6.45) is 6.33. The molecule has 1 aliphatic rings. The van der Waals surface area contributed by atoms with E-state index >= 15 is 0 Å². The fourth-order valence-electron chi connectivity index (χ4n) is 3.19. The maximum absolute atomic E-state index is 12.5. The van der Waals surface area contributed by atoms with Crippen LogP contribution in [0.15, 0.2) is 18.2 Å². The van der Waals surface area contributed by atoms with Crippen molar-refractivity contribution in [2.75, 3.05) is 11.9 Å². The largest absolute Gasteiger partial charge is 0.351 e. The third-order valence-corrected chi connectivity index (χ3v) is 5.72. The number of nitrogens with one attached hydrogen (secondary N) is 1. The Morgan fingerprint density at radius 3 is 2.35 bits per heavy atom. The van der Waals surface area contributed by atoms with Crippen LogP contribution >= 0.6 is 15.9 Å².